The average Bonchev–Trinajstić information content (AvgIpc) is 3.66. The van der Waals surface area contributed by atoms with E-state index < -0.39 is 0 Å². The molecule has 0 bridgehead atoms. The van der Waals surface area contributed by atoms with Crippen molar-refractivity contribution >= 4 is 65.4 Å². The van der Waals surface area contributed by atoms with Crippen molar-refractivity contribution in [2.24, 2.45) is 0 Å². The van der Waals surface area contributed by atoms with Gasteiger partial charge in [-0.25, -0.2) is 19.9 Å². The summed E-state index contributed by atoms with van der Waals surface area (Å²) in [6, 6.07) is 101. The van der Waals surface area contributed by atoms with Crippen molar-refractivity contribution in [2.75, 3.05) is 0 Å². The first kappa shape index (κ1) is 46.1. The zero-order chi connectivity index (χ0) is 53.4. The largest absolute Gasteiger partial charge is 0.308 e. The highest BCUT2D eigenvalue weighted by molar-refractivity contribution is 6.15. The predicted octanol–water partition coefficient (Wildman–Crippen LogP) is 18.6. The minimum absolute atomic E-state index is 0.608. The summed E-state index contributed by atoms with van der Waals surface area (Å²) in [5.41, 5.74) is 17.8. The second-order valence-electron chi connectivity index (χ2n) is 20.5. The van der Waals surface area contributed by atoms with Crippen molar-refractivity contribution in [3.05, 3.63) is 285 Å². The molecule has 11 aromatic carbocycles. The van der Waals surface area contributed by atoms with Gasteiger partial charge in [-0.3, -0.25) is 0 Å². The van der Waals surface area contributed by atoms with Gasteiger partial charge < -0.3 is 13.7 Å². The Kier molecular flexibility index (Phi) is 10.7. The molecule has 7 nitrogen and oxygen atoms in total. The number of aromatic nitrogens is 7. The summed E-state index contributed by atoms with van der Waals surface area (Å²) in [4.78, 5) is 22.5. The van der Waals surface area contributed by atoms with Gasteiger partial charge in [0.1, 0.15) is 0 Å². The van der Waals surface area contributed by atoms with Crippen LogP contribution in [-0.4, -0.2) is 33.6 Å². The second kappa shape index (κ2) is 18.9. The maximum absolute atomic E-state index is 5.89. The smallest absolute Gasteiger partial charge is 0.160 e. The third-order valence-electron chi connectivity index (χ3n) is 15.9. The van der Waals surface area contributed by atoms with Gasteiger partial charge in [0, 0.05) is 60.1 Å². The minimum atomic E-state index is 0.608. The van der Waals surface area contributed by atoms with Crippen LogP contribution in [0.4, 0.5) is 0 Å². The van der Waals surface area contributed by atoms with Crippen LogP contribution in [-0.2, 0) is 0 Å². The Bertz CT molecular complexity index is 4820. The lowest BCUT2D eigenvalue weighted by Gasteiger charge is -2.27. The van der Waals surface area contributed by atoms with Crippen molar-refractivity contribution in [1.82, 2.24) is 33.6 Å². The Balaban J connectivity index is 1.21. The highest BCUT2D eigenvalue weighted by Crippen LogP contribution is 2.50. The van der Waals surface area contributed by atoms with Crippen LogP contribution in [0.15, 0.2) is 285 Å². The van der Waals surface area contributed by atoms with Gasteiger partial charge in [-0.2, -0.15) is 0 Å². The zero-order valence-electron chi connectivity index (χ0n) is 43.8. The molecular formula is C74H47N7. The molecule has 81 heavy (non-hydrogen) atoms. The highest BCUT2D eigenvalue weighted by atomic mass is 15.1. The van der Waals surface area contributed by atoms with Crippen molar-refractivity contribution in [1.29, 1.82) is 0 Å². The number of fused-ring (bicyclic) bond motifs is 9. The molecule has 16 aromatic rings. The number of benzene rings is 11. The van der Waals surface area contributed by atoms with E-state index in [4.69, 9.17) is 19.9 Å². The molecule has 0 saturated heterocycles. The van der Waals surface area contributed by atoms with Gasteiger partial charge in [0.25, 0.3) is 0 Å². The third-order valence-corrected chi connectivity index (χ3v) is 15.9. The van der Waals surface area contributed by atoms with Crippen LogP contribution in [0, 0.1) is 0 Å². The Labute approximate surface area is 466 Å². The third kappa shape index (κ3) is 7.51. The molecule has 0 spiro atoms. The Morgan fingerprint density at radius 3 is 0.889 bits per heavy atom. The van der Waals surface area contributed by atoms with Gasteiger partial charge in [0.05, 0.1) is 78.5 Å². The molecule has 0 amide bonds. The molecule has 0 aliphatic rings. The van der Waals surface area contributed by atoms with Crippen LogP contribution in [0.2, 0.25) is 0 Å². The molecule has 0 atom stereocenters. The fourth-order valence-corrected chi connectivity index (χ4v) is 12.3. The molecule has 0 radical (unpaired) electrons. The molecule has 0 saturated carbocycles. The predicted molar refractivity (Wildman–Crippen MR) is 333 cm³/mol. The van der Waals surface area contributed by atoms with Gasteiger partial charge >= 0.3 is 0 Å². The van der Waals surface area contributed by atoms with E-state index >= 15 is 0 Å². The summed E-state index contributed by atoms with van der Waals surface area (Å²) in [6.07, 6.45) is 0. The minimum Gasteiger partial charge on any atom is -0.308 e. The van der Waals surface area contributed by atoms with Gasteiger partial charge in [-0.05, 0) is 54.6 Å². The van der Waals surface area contributed by atoms with Crippen LogP contribution < -0.4 is 0 Å². The lowest BCUT2D eigenvalue weighted by Crippen LogP contribution is -2.12. The van der Waals surface area contributed by atoms with E-state index in [9.17, 15) is 0 Å². The van der Waals surface area contributed by atoms with Gasteiger partial charge in [0.15, 0.2) is 11.6 Å². The van der Waals surface area contributed by atoms with Crippen LogP contribution >= 0.6 is 0 Å². The zero-order valence-corrected chi connectivity index (χ0v) is 43.8. The maximum atomic E-state index is 5.89. The van der Waals surface area contributed by atoms with E-state index in [1.54, 1.807) is 0 Å². The molecule has 5 heterocycles. The van der Waals surface area contributed by atoms with E-state index in [1.807, 2.05) is 12.1 Å². The Morgan fingerprint density at radius 1 is 0.222 bits per heavy atom. The topological polar surface area (TPSA) is 66.3 Å². The van der Waals surface area contributed by atoms with E-state index in [0.29, 0.717) is 11.6 Å². The van der Waals surface area contributed by atoms with E-state index in [2.05, 4.69) is 287 Å². The molecule has 0 fully saturated rings. The number of hydrogen-bond acceptors (Lipinski definition) is 4. The molecule has 0 aliphatic carbocycles. The monoisotopic (exact) mass is 1030 g/mol. The molecule has 5 aromatic heterocycles. The average molecular weight is 1030 g/mol. The Hall–Kier alpha value is -11.0. The summed E-state index contributed by atoms with van der Waals surface area (Å²) in [7, 11) is 0. The fourth-order valence-electron chi connectivity index (χ4n) is 12.3. The van der Waals surface area contributed by atoms with E-state index in [1.165, 1.54) is 0 Å². The second-order valence-corrected chi connectivity index (χ2v) is 20.5. The van der Waals surface area contributed by atoms with Crippen molar-refractivity contribution in [3.8, 4) is 84.9 Å². The van der Waals surface area contributed by atoms with Gasteiger partial charge in [0.2, 0.25) is 0 Å². The number of hydrogen-bond donors (Lipinski definition) is 0. The van der Waals surface area contributed by atoms with Crippen LogP contribution in [0.1, 0.15) is 0 Å². The molecular weight excluding hydrogens is 987 g/mol. The van der Waals surface area contributed by atoms with Gasteiger partial charge in [-0.1, -0.05) is 231 Å². The number of para-hydroxylation sites is 6. The molecule has 16 rings (SSSR count). The van der Waals surface area contributed by atoms with E-state index in [0.717, 1.165) is 139 Å². The summed E-state index contributed by atoms with van der Waals surface area (Å²) in [5.74, 6) is 1.23. The fraction of sp³-hybridized carbons (Fsp3) is 0. The van der Waals surface area contributed by atoms with Crippen molar-refractivity contribution < 1.29 is 0 Å². The first-order valence-electron chi connectivity index (χ1n) is 27.4. The number of nitrogens with zero attached hydrogens (tertiary/aromatic N) is 7. The SMILES string of the molecule is c1ccc(-c2cc(-c3cc(-n4c5ccccc5c5ccccc54)c(-n4c5ccccc5c5ccccc54)c(-c4cc(-c5ccccc5)nc(-c5ccccc5)n4)c3-n3c4ccccc4c4ccccc43)nc(-c3ccccc3)n2)cc1. The lowest BCUT2D eigenvalue weighted by atomic mass is 9.94. The standard InChI is InChI=1S/C74H47N7/c1-5-25-48(26-6-1)59-46-61(77-73(75-59)50-29-9-3-10-30-50)58-45-69(79-63-39-19-13-33-52(63)53-34-14-20-40-64(53)79)72(81-67-43-23-17-37-56(67)57-38-18-24-44-68(57)81)70(71(58)80-65-41-21-15-35-54(65)55-36-16-22-42-66(55)80)62-47-60(49-27-7-2-8-28-49)76-74(78-62)51-31-11-4-12-32-51/h1-47H. The normalized spacial score (nSPS) is 11.7. The molecule has 7 heteroatoms. The number of rotatable bonds is 9. The summed E-state index contributed by atoms with van der Waals surface area (Å²) < 4.78 is 7.44. The van der Waals surface area contributed by atoms with Crippen LogP contribution in [0.3, 0.4) is 0 Å². The summed E-state index contributed by atoms with van der Waals surface area (Å²) in [6.45, 7) is 0. The maximum Gasteiger partial charge on any atom is 0.160 e. The summed E-state index contributed by atoms with van der Waals surface area (Å²) >= 11 is 0. The highest BCUT2D eigenvalue weighted by Gasteiger charge is 2.32. The molecule has 0 N–H and O–H groups in total. The molecule has 378 valence electrons. The van der Waals surface area contributed by atoms with Crippen LogP contribution in [0.25, 0.3) is 150 Å². The van der Waals surface area contributed by atoms with Crippen molar-refractivity contribution in [2.45, 2.75) is 0 Å². The summed E-state index contributed by atoms with van der Waals surface area (Å²) in [5, 5.41) is 6.84. The first-order chi connectivity index (χ1) is 40.2. The molecule has 0 unspecified atom stereocenters. The Morgan fingerprint density at radius 2 is 0.506 bits per heavy atom. The quantitative estimate of drug-likeness (QED) is 0.144. The van der Waals surface area contributed by atoms with Gasteiger partial charge in [-0.15, -0.1) is 0 Å². The molecule has 0 aliphatic heterocycles. The first-order valence-corrected chi connectivity index (χ1v) is 27.4. The van der Waals surface area contributed by atoms with E-state index in [-0.39, 0.29) is 0 Å². The van der Waals surface area contributed by atoms with Crippen LogP contribution in [0.5, 0.6) is 0 Å². The van der Waals surface area contributed by atoms with Crippen molar-refractivity contribution in [3.63, 3.8) is 0 Å². The lowest BCUT2D eigenvalue weighted by molar-refractivity contribution is 1.07.